The van der Waals surface area contributed by atoms with Gasteiger partial charge in [-0.1, -0.05) is 0 Å². The maximum absolute atomic E-state index is 12.1. The van der Waals surface area contributed by atoms with Crippen molar-refractivity contribution in [1.29, 1.82) is 0 Å². The zero-order valence-electron chi connectivity index (χ0n) is 15.5. The number of benzene rings is 1. The van der Waals surface area contributed by atoms with E-state index in [-0.39, 0.29) is 11.5 Å². The number of fused-ring (bicyclic) bond motifs is 1. The number of carbonyl (C=O) groups excluding carboxylic acids is 1. The summed E-state index contributed by atoms with van der Waals surface area (Å²) in [7, 11) is 3.99. The predicted octanol–water partition coefficient (Wildman–Crippen LogP) is 2.25. The number of nitrogens with zero attached hydrogens (tertiary/aromatic N) is 1. The molecular formula is C19H26N2O4. The average Bonchev–Trinajstić information content (AvgIpc) is 2.56. The summed E-state index contributed by atoms with van der Waals surface area (Å²) in [4.78, 5) is 26.0. The van der Waals surface area contributed by atoms with E-state index in [0.717, 1.165) is 23.9 Å². The van der Waals surface area contributed by atoms with E-state index >= 15 is 0 Å². The molecule has 2 aromatic rings. The van der Waals surface area contributed by atoms with Gasteiger partial charge in [0.25, 0.3) is 5.91 Å². The first-order valence-electron chi connectivity index (χ1n) is 8.42. The van der Waals surface area contributed by atoms with Crippen molar-refractivity contribution < 1.29 is 13.9 Å². The van der Waals surface area contributed by atoms with Crippen molar-refractivity contribution in [2.45, 2.75) is 33.3 Å². The van der Waals surface area contributed by atoms with Gasteiger partial charge in [0, 0.05) is 23.6 Å². The molecule has 2 rings (SSSR count). The quantitative estimate of drug-likeness (QED) is 0.615. The van der Waals surface area contributed by atoms with Gasteiger partial charge in [-0.05, 0) is 65.5 Å². The number of nitrogens with one attached hydrogen (secondary N) is 1. The molecule has 1 amide bonds. The van der Waals surface area contributed by atoms with Crippen molar-refractivity contribution in [3.8, 4) is 5.75 Å². The SMILES string of the molecule is Cc1c(C)c2ccc(OC(C)C(=O)NCCCN(C)C)cc2oc1=O. The van der Waals surface area contributed by atoms with E-state index in [0.29, 0.717) is 23.4 Å². The summed E-state index contributed by atoms with van der Waals surface area (Å²) in [6, 6.07) is 5.28. The first-order valence-corrected chi connectivity index (χ1v) is 8.42. The molecule has 0 saturated carbocycles. The largest absolute Gasteiger partial charge is 0.481 e. The lowest BCUT2D eigenvalue weighted by Crippen LogP contribution is -2.37. The van der Waals surface area contributed by atoms with E-state index in [1.807, 2.05) is 27.1 Å². The van der Waals surface area contributed by atoms with Crippen LogP contribution >= 0.6 is 0 Å². The minimum Gasteiger partial charge on any atom is -0.481 e. The molecule has 1 atom stereocenters. The van der Waals surface area contributed by atoms with Gasteiger partial charge in [-0.2, -0.15) is 0 Å². The Labute approximate surface area is 147 Å². The van der Waals surface area contributed by atoms with Gasteiger partial charge in [0.15, 0.2) is 6.10 Å². The fourth-order valence-electron chi connectivity index (χ4n) is 2.51. The Morgan fingerprint density at radius 3 is 2.68 bits per heavy atom. The van der Waals surface area contributed by atoms with Crippen molar-refractivity contribution in [3.05, 3.63) is 39.7 Å². The van der Waals surface area contributed by atoms with Crippen LogP contribution in [0.5, 0.6) is 5.75 Å². The molecule has 1 heterocycles. The maximum Gasteiger partial charge on any atom is 0.339 e. The van der Waals surface area contributed by atoms with Gasteiger partial charge in [-0.25, -0.2) is 4.79 Å². The molecule has 136 valence electrons. The molecule has 0 spiro atoms. The van der Waals surface area contributed by atoms with Gasteiger partial charge in [-0.15, -0.1) is 0 Å². The summed E-state index contributed by atoms with van der Waals surface area (Å²) in [5.41, 5.74) is 1.61. The van der Waals surface area contributed by atoms with Crippen LogP contribution in [-0.4, -0.2) is 44.1 Å². The third-order valence-electron chi connectivity index (χ3n) is 4.19. The van der Waals surface area contributed by atoms with Crippen molar-refractivity contribution in [3.63, 3.8) is 0 Å². The third-order valence-corrected chi connectivity index (χ3v) is 4.19. The lowest BCUT2D eigenvalue weighted by atomic mass is 10.1. The highest BCUT2D eigenvalue weighted by Crippen LogP contribution is 2.24. The molecule has 0 saturated heterocycles. The standard InChI is InChI=1S/C19H26N2O4/c1-12-13(2)19(23)25-17-11-15(7-8-16(12)17)24-14(3)18(22)20-9-6-10-21(4)5/h7-8,11,14H,6,9-10H2,1-5H3,(H,20,22). The maximum atomic E-state index is 12.1. The van der Waals surface area contributed by atoms with Crippen LogP contribution in [0.3, 0.4) is 0 Å². The van der Waals surface area contributed by atoms with Crippen LogP contribution in [0.1, 0.15) is 24.5 Å². The van der Waals surface area contributed by atoms with E-state index in [1.54, 1.807) is 26.0 Å². The zero-order valence-corrected chi connectivity index (χ0v) is 15.5. The number of amides is 1. The van der Waals surface area contributed by atoms with Crippen LogP contribution in [-0.2, 0) is 4.79 Å². The van der Waals surface area contributed by atoms with Crippen LogP contribution in [0.25, 0.3) is 11.0 Å². The predicted molar refractivity (Wildman–Crippen MR) is 98.2 cm³/mol. The van der Waals surface area contributed by atoms with Gasteiger partial charge < -0.3 is 19.4 Å². The summed E-state index contributed by atoms with van der Waals surface area (Å²) in [5.74, 6) is 0.329. The minimum atomic E-state index is -0.630. The Kier molecular flexibility index (Phi) is 6.20. The molecule has 6 nitrogen and oxygen atoms in total. The zero-order chi connectivity index (χ0) is 18.6. The lowest BCUT2D eigenvalue weighted by Gasteiger charge is -2.16. The fourth-order valence-corrected chi connectivity index (χ4v) is 2.51. The summed E-state index contributed by atoms with van der Waals surface area (Å²) >= 11 is 0. The summed E-state index contributed by atoms with van der Waals surface area (Å²) in [6.45, 7) is 6.85. The van der Waals surface area contributed by atoms with Crippen molar-refractivity contribution in [1.82, 2.24) is 10.2 Å². The summed E-state index contributed by atoms with van der Waals surface area (Å²) in [6.07, 6.45) is 0.251. The van der Waals surface area contributed by atoms with E-state index in [9.17, 15) is 9.59 Å². The van der Waals surface area contributed by atoms with Crippen molar-refractivity contribution >= 4 is 16.9 Å². The van der Waals surface area contributed by atoms with Crippen LogP contribution < -0.4 is 15.7 Å². The molecule has 1 N–H and O–H groups in total. The lowest BCUT2D eigenvalue weighted by molar-refractivity contribution is -0.127. The van der Waals surface area contributed by atoms with Gasteiger partial charge in [-0.3, -0.25) is 4.79 Å². The molecule has 1 aromatic carbocycles. The second kappa shape index (κ2) is 8.16. The Morgan fingerprint density at radius 1 is 1.28 bits per heavy atom. The number of hydrogen-bond acceptors (Lipinski definition) is 5. The molecule has 6 heteroatoms. The Morgan fingerprint density at radius 2 is 2.00 bits per heavy atom. The molecule has 0 fully saturated rings. The second-order valence-electron chi connectivity index (χ2n) is 6.51. The Hall–Kier alpha value is -2.34. The molecule has 0 bridgehead atoms. The van der Waals surface area contributed by atoms with Crippen LogP contribution in [0.4, 0.5) is 0 Å². The average molecular weight is 346 g/mol. The van der Waals surface area contributed by atoms with E-state index in [2.05, 4.69) is 10.2 Å². The number of carbonyl (C=O) groups is 1. The van der Waals surface area contributed by atoms with Gasteiger partial charge in [0.1, 0.15) is 11.3 Å². The van der Waals surface area contributed by atoms with Crippen molar-refractivity contribution in [2.75, 3.05) is 27.2 Å². The fraction of sp³-hybridized carbons (Fsp3) is 0.474. The monoisotopic (exact) mass is 346 g/mol. The van der Waals surface area contributed by atoms with E-state index < -0.39 is 6.10 Å². The first kappa shape index (κ1) is 19.0. The molecule has 0 aliphatic rings. The molecule has 0 aliphatic carbocycles. The number of ether oxygens (including phenoxy) is 1. The highest BCUT2D eigenvalue weighted by atomic mass is 16.5. The van der Waals surface area contributed by atoms with Gasteiger partial charge in [0.2, 0.25) is 0 Å². The Balaban J connectivity index is 2.03. The van der Waals surface area contributed by atoms with E-state index in [4.69, 9.17) is 9.15 Å². The topological polar surface area (TPSA) is 71.8 Å². The number of rotatable bonds is 7. The molecule has 25 heavy (non-hydrogen) atoms. The highest BCUT2D eigenvalue weighted by Gasteiger charge is 2.15. The van der Waals surface area contributed by atoms with Crippen LogP contribution in [0.2, 0.25) is 0 Å². The molecular weight excluding hydrogens is 320 g/mol. The smallest absolute Gasteiger partial charge is 0.339 e. The van der Waals surface area contributed by atoms with E-state index in [1.165, 1.54) is 0 Å². The summed E-state index contributed by atoms with van der Waals surface area (Å²) < 4.78 is 11.0. The number of hydrogen-bond donors (Lipinski definition) is 1. The first-order chi connectivity index (χ1) is 11.8. The van der Waals surface area contributed by atoms with Crippen LogP contribution in [0.15, 0.2) is 27.4 Å². The summed E-state index contributed by atoms with van der Waals surface area (Å²) in [5, 5.41) is 3.72. The number of aryl methyl sites for hydroxylation is 1. The second-order valence-corrected chi connectivity index (χ2v) is 6.51. The van der Waals surface area contributed by atoms with Gasteiger partial charge >= 0.3 is 5.63 Å². The Bertz CT molecular complexity index is 811. The highest BCUT2D eigenvalue weighted by molar-refractivity contribution is 5.83. The van der Waals surface area contributed by atoms with Crippen LogP contribution in [0, 0.1) is 13.8 Å². The van der Waals surface area contributed by atoms with Crippen molar-refractivity contribution in [2.24, 2.45) is 0 Å². The normalized spacial score (nSPS) is 12.4. The molecule has 0 radical (unpaired) electrons. The molecule has 1 aromatic heterocycles. The third kappa shape index (κ3) is 4.82. The molecule has 1 unspecified atom stereocenters. The minimum absolute atomic E-state index is 0.166. The van der Waals surface area contributed by atoms with Gasteiger partial charge in [0.05, 0.1) is 0 Å². The molecule has 0 aliphatic heterocycles.